The molecule has 0 fully saturated rings. The van der Waals surface area contributed by atoms with E-state index in [2.05, 4.69) is 23.7 Å². The minimum absolute atomic E-state index is 0.289. The van der Waals surface area contributed by atoms with Gasteiger partial charge >= 0.3 is 0 Å². The first kappa shape index (κ1) is 11.3. The molecule has 0 bridgehead atoms. The Morgan fingerprint density at radius 1 is 1.13 bits per heavy atom. The second kappa shape index (κ2) is 4.64. The molecule has 0 radical (unpaired) electrons. The first-order chi connectivity index (χ1) is 6.97. The van der Waals surface area contributed by atoms with Crippen LogP contribution in [0.5, 0.6) is 0 Å². The van der Waals surface area contributed by atoms with Crippen LogP contribution in [0.1, 0.15) is 19.4 Å². The van der Waals surface area contributed by atoms with Gasteiger partial charge in [-0.05, 0) is 50.0 Å². The molecule has 0 spiro atoms. The summed E-state index contributed by atoms with van der Waals surface area (Å²) >= 11 is 0. The first-order valence-electron chi connectivity index (χ1n) is 4.48. The summed E-state index contributed by atoms with van der Waals surface area (Å²) in [5.74, 6) is 10.1. The molecule has 76 valence electrons. The Balaban J connectivity index is 2.74. The molecule has 0 amide bonds. The van der Waals surface area contributed by atoms with Gasteiger partial charge in [-0.2, -0.15) is 0 Å². The highest BCUT2D eigenvalue weighted by Crippen LogP contribution is 2.00. The number of benzene rings is 1. The van der Waals surface area contributed by atoms with E-state index in [0.717, 1.165) is 0 Å². The van der Waals surface area contributed by atoms with E-state index in [0.29, 0.717) is 5.56 Å². The van der Waals surface area contributed by atoms with Crippen molar-refractivity contribution in [2.24, 2.45) is 0 Å². The molecule has 0 aromatic heterocycles. The molecule has 1 N–H and O–H groups in total. The van der Waals surface area contributed by atoms with Gasteiger partial charge in [-0.1, -0.05) is 11.8 Å². The highest BCUT2D eigenvalue weighted by atomic mass is 19.1. The average Bonchev–Trinajstić information content (AvgIpc) is 2.14. The highest BCUT2D eigenvalue weighted by molar-refractivity contribution is 5.40. The van der Waals surface area contributed by atoms with Crippen LogP contribution in [0.25, 0.3) is 0 Å². The smallest absolute Gasteiger partial charge is 0.123 e. The Morgan fingerprint density at radius 2 is 1.73 bits per heavy atom. The summed E-state index contributed by atoms with van der Waals surface area (Å²) in [6.07, 6.45) is 0. The van der Waals surface area contributed by atoms with Gasteiger partial charge in [-0.25, -0.2) is 4.39 Å². The third-order valence-corrected chi connectivity index (χ3v) is 1.48. The molecule has 1 nitrogen and oxygen atoms in total. The molecular formula is C13H11FO. The number of hydrogen-bond acceptors (Lipinski definition) is 1. The van der Waals surface area contributed by atoms with E-state index >= 15 is 0 Å². The van der Waals surface area contributed by atoms with E-state index < -0.39 is 5.60 Å². The second-order valence-electron chi connectivity index (χ2n) is 3.57. The molecule has 0 atom stereocenters. The maximum Gasteiger partial charge on any atom is 0.123 e. The molecular weight excluding hydrogens is 191 g/mol. The molecule has 15 heavy (non-hydrogen) atoms. The van der Waals surface area contributed by atoms with Crippen LogP contribution in [0, 0.1) is 29.5 Å². The summed E-state index contributed by atoms with van der Waals surface area (Å²) in [5, 5.41) is 9.26. The fraction of sp³-hybridized carbons (Fsp3) is 0.231. The van der Waals surface area contributed by atoms with Gasteiger partial charge in [0.1, 0.15) is 11.4 Å². The Bertz CT molecular complexity index is 444. The monoisotopic (exact) mass is 202 g/mol. The molecule has 0 aliphatic rings. The van der Waals surface area contributed by atoms with E-state index in [-0.39, 0.29) is 5.82 Å². The number of rotatable bonds is 0. The van der Waals surface area contributed by atoms with Crippen LogP contribution in [0.3, 0.4) is 0 Å². The summed E-state index contributed by atoms with van der Waals surface area (Å²) in [4.78, 5) is 0. The first-order valence-corrected chi connectivity index (χ1v) is 4.48. The van der Waals surface area contributed by atoms with Gasteiger partial charge in [0.05, 0.1) is 0 Å². The van der Waals surface area contributed by atoms with Gasteiger partial charge in [0.2, 0.25) is 0 Å². The Labute approximate surface area is 88.9 Å². The second-order valence-corrected chi connectivity index (χ2v) is 3.57. The summed E-state index contributed by atoms with van der Waals surface area (Å²) < 4.78 is 12.5. The van der Waals surface area contributed by atoms with Crippen LogP contribution in [0.2, 0.25) is 0 Å². The Morgan fingerprint density at radius 3 is 2.27 bits per heavy atom. The van der Waals surface area contributed by atoms with Crippen LogP contribution in [-0.2, 0) is 0 Å². The lowest BCUT2D eigenvalue weighted by atomic mass is 10.1. The maximum absolute atomic E-state index is 12.5. The van der Waals surface area contributed by atoms with Crippen molar-refractivity contribution in [3.63, 3.8) is 0 Å². The largest absolute Gasteiger partial charge is 0.378 e. The Hall–Kier alpha value is -1.77. The molecule has 0 heterocycles. The minimum atomic E-state index is -1.03. The molecule has 0 aliphatic heterocycles. The topological polar surface area (TPSA) is 20.2 Å². The predicted molar refractivity (Wildman–Crippen MR) is 57.4 cm³/mol. The predicted octanol–water partition coefficient (Wildman–Crippen LogP) is 1.95. The van der Waals surface area contributed by atoms with Crippen molar-refractivity contribution in [1.82, 2.24) is 0 Å². The lowest BCUT2D eigenvalue weighted by Gasteiger charge is -2.04. The third-order valence-electron chi connectivity index (χ3n) is 1.48. The van der Waals surface area contributed by atoms with Crippen LogP contribution >= 0.6 is 0 Å². The molecule has 0 aliphatic carbocycles. The van der Waals surface area contributed by atoms with E-state index in [1.165, 1.54) is 12.1 Å². The normalized spacial score (nSPS) is 9.60. The van der Waals surface area contributed by atoms with Crippen molar-refractivity contribution in [2.75, 3.05) is 0 Å². The van der Waals surface area contributed by atoms with Crippen LogP contribution in [0.4, 0.5) is 4.39 Å². The molecule has 0 saturated heterocycles. The van der Waals surface area contributed by atoms with E-state index in [1.807, 2.05) is 0 Å². The van der Waals surface area contributed by atoms with Crippen molar-refractivity contribution >= 4 is 0 Å². The fourth-order valence-corrected chi connectivity index (χ4v) is 0.821. The SMILES string of the molecule is CC(C)(O)C#CC#Cc1ccc(F)cc1. The van der Waals surface area contributed by atoms with Gasteiger partial charge in [-0.15, -0.1) is 0 Å². The zero-order valence-electron chi connectivity index (χ0n) is 8.63. The zero-order chi connectivity index (χ0) is 11.3. The van der Waals surface area contributed by atoms with Crippen LogP contribution < -0.4 is 0 Å². The molecule has 1 rings (SSSR count). The van der Waals surface area contributed by atoms with Crippen molar-refractivity contribution in [1.29, 1.82) is 0 Å². The summed E-state index contributed by atoms with van der Waals surface area (Å²) in [6, 6.07) is 5.84. The van der Waals surface area contributed by atoms with Crippen molar-refractivity contribution in [3.05, 3.63) is 35.6 Å². The van der Waals surface area contributed by atoms with E-state index in [1.54, 1.807) is 26.0 Å². The van der Waals surface area contributed by atoms with Crippen molar-refractivity contribution in [2.45, 2.75) is 19.4 Å². The van der Waals surface area contributed by atoms with Gasteiger partial charge in [-0.3, -0.25) is 0 Å². The van der Waals surface area contributed by atoms with Gasteiger partial charge < -0.3 is 5.11 Å². The fourth-order valence-electron chi connectivity index (χ4n) is 0.821. The third kappa shape index (κ3) is 4.86. The van der Waals surface area contributed by atoms with Gasteiger partial charge in [0, 0.05) is 5.56 Å². The van der Waals surface area contributed by atoms with Crippen molar-refractivity contribution in [3.8, 4) is 23.7 Å². The van der Waals surface area contributed by atoms with Gasteiger partial charge in [0.25, 0.3) is 0 Å². The minimum Gasteiger partial charge on any atom is -0.378 e. The van der Waals surface area contributed by atoms with E-state index in [9.17, 15) is 9.50 Å². The lowest BCUT2D eigenvalue weighted by molar-refractivity contribution is 0.143. The standard InChI is InChI=1S/C13H11FO/c1-13(2,15)10-4-3-5-11-6-8-12(14)9-7-11/h6-9,15H,1-2H3. The number of aliphatic hydroxyl groups is 1. The van der Waals surface area contributed by atoms with Gasteiger partial charge in [0.15, 0.2) is 0 Å². The molecule has 1 aromatic carbocycles. The summed E-state index contributed by atoms with van der Waals surface area (Å²) in [5.41, 5.74) is -0.334. The molecule has 2 heteroatoms. The molecule has 0 saturated carbocycles. The zero-order valence-corrected chi connectivity index (χ0v) is 8.63. The maximum atomic E-state index is 12.5. The Kier molecular flexibility index (Phi) is 3.50. The van der Waals surface area contributed by atoms with Crippen LogP contribution in [-0.4, -0.2) is 10.7 Å². The number of halogens is 1. The summed E-state index contributed by atoms with van der Waals surface area (Å²) in [6.45, 7) is 3.17. The highest BCUT2D eigenvalue weighted by Gasteiger charge is 2.04. The van der Waals surface area contributed by atoms with Crippen LogP contribution in [0.15, 0.2) is 24.3 Å². The molecule has 0 unspecified atom stereocenters. The van der Waals surface area contributed by atoms with E-state index in [4.69, 9.17) is 0 Å². The quantitative estimate of drug-likeness (QED) is 0.637. The average molecular weight is 202 g/mol. The molecule has 1 aromatic rings. The van der Waals surface area contributed by atoms with Crippen molar-refractivity contribution < 1.29 is 9.50 Å². The number of hydrogen-bond donors (Lipinski definition) is 1. The summed E-state index contributed by atoms with van der Waals surface area (Å²) in [7, 11) is 0. The lowest BCUT2D eigenvalue weighted by Crippen LogP contribution is -2.14.